The molecule has 0 fully saturated rings. The van der Waals surface area contributed by atoms with Crippen molar-refractivity contribution in [2.45, 2.75) is 19.8 Å². The van der Waals surface area contributed by atoms with E-state index in [0.717, 1.165) is 0 Å². The van der Waals surface area contributed by atoms with Gasteiger partial charge in [-0.1, -0.05) is 6.92 Å². The summed E-state index contributed by atoms with van der Waals surface area (Å²) in [7, 11) is 3.35. The maximum atomic E-state index is 11.5. The molecule has 1 atom stereocenters. The van der Waals surface area contributed by atoms with Gasteiger partial charge >= 0.3 is 0 Å². The lowest BCUT2D eigenvalue weighted by atomic mass is 10.1. The average Bonchev–Trinajstić information content (AvgIpc) is 2.14. The van der Waals surface area contributed by atoms with Gasteiger partial charge in [-0.2, -0.15) is 5.26 Å². The van der Waals surface area contributed by atoms with Crippen LogP contribution in [0.25, 0.3) is 0 Å². The molecular weight excluding hydrogens is 180 g/mol. The highest BCUT2D eigenvalue weighted by Gasteiger charge is 2.12. The number of methoxy groups -OCH3 is 1. The molecule has 0 spiro atoms. The SMILES string of the molecule is COCC(C)CC(=O)N(C)CCC#N. The van der Waals surface area contributed by atoms with Crippen molar-refractivity contribution >= 4 is 5.91 Å². The smallest absolute Gasteiger partial charge is 0.222 e. The van der Waals surface area contributed by atoms with E-state index in [1.165, 1.54) is 0 Å². The summed E-state index contributed by atoms with van der Waals surface area (Å²) in [6.07, 6.45) is 0.872. The first kappa shape index (κ1) is 12.9. The number of carbonyl (C=O) groups is 1. The molecule has 0 saturated carbocycles. The number of hydrogen-bond acceptors (Lipinski definition) is 3. The number of hydrogen-bond donors (Lipinski definition) is 0. The van der Waals surface area contributed by atoms with Gasteiger partial charge in [0.05, 0.1) is 12.5 Å². The summed E-state index contributed by atoms with van der Waals surface area (Å²) in [6.45, 7) is 3.08. The molecule has 4 nitrogen and oxygen atoms in total. The van der Waals surface area contributed by atoms with Crippen molar-refractivity contribution < 1.29 is 9.53 Å². The molecule has 0 saturated heterocycles. The Balaban J connectivity index is 3.77. The number of nitrogens with zero attached hydrogens (tertiary/aromatic N) is 2. The number of rotatable bonds is 6. The molecule has 0 aromatic rings. The number of nitriles is 1. The Labute approximate surface area is 85.5 Å². The number of amides is 1. The Kier molecular flexibility index (Phi) is 6.77. The first-order valence-corrected chi connectivity index (χ1v) is 4.71. The Morgan fingerprint density at radius 2 is 2.29 bits per heavy atom. The van der Waals surface area contributed by atoms with E-state index in [-0.39, 0.29) is 11.8 Å². The number of carbonyl (C=O) groups excluding carboxylic acids is 1. The fourth-order valence-electron chi connectivity index (χ4n) is 1.14. The molecule has 0 aromatic carbocycles. The minimum Gasteiger partial charge on any atom is -0.384 e. The first-order chi connectivity index (χ1) is 6.61. The maximum absolute atomic E-state index is 11.5. The van der Waals surface area contributed by atoms with Gasteiger partial charge < -0.3 is 9.64 Å². The molecule has 1 amide bonds. The van der Waals surface area contributed by atoms with E-state index in [2.05, 4.69) is 0 Å². The zero-order valence-electron chi connectivity index (χ0n) is 9.12. The summed E-state index contributed by atoms with van der Waals surface area (Å²) in [5.41, 5.74) is 0. The zero-order valence-corrected chi connectivity index (χ0v) is 9.12. The lowest BCUT2D eigenvalue weighted by Gasteiger charge is -2.17. The summed E-state index contributed by atoms with van der Waals surface area (Å²) < 4.78 is 4.94. The minimum absolute atomic E-state index is 0.0739. The van der Waals surface area contributed by atoms with Gasteiger partial charge in [-0.05, 0) is 5.92 Å². The second-order valence-electron chi connectivity index (χ2n) is 3.49. The monoisotopic (exact) mass is 198 g/mol. The molecule has 0 heterocycles. The fraction of sp³-hybridized carbons (Fsp3) is 0.800. The molecule has 0 rings (SSSR count). The first-order valence-electron chi connectivity index (χ1n) is 4.71. The lowest BCUT2D eigenvalue weighted by molar-refractivity contribution is -0.131. The largest absolute Gasteiger partial charge is 0.384 e. The number of ether oxygens (including phenoxy) is 1. The fourth-order valence-corrected chi connectivity index (χ4v) is 1.14. The summed E-state index contributed by atoms with van der Waals surface area (Å²) >= 11 is 0. The summed E-state index contributed by atoms with van der Waals surface area (Å²) in [5.74, 6) is 0.307. The normalized spacial score (nSPS) is 11.9. The van der Waals surface area contributed by atoms with Crippen LogP contribution >= 0.6 is 0 Å². The van der Waals surface area contributed by atoms with E-state index in [9.17, 15) is 4.79 Å². The van der Waals surface area contributed by atoms with Crippen molar-refractivity contribution in [2.75, 3.05) is 27.3 Å². The quantitative estimate of drug-likeness (QED) is 0.640. The van der Waals surface area contributed by atoms with Crippen molar-refractivity contribution in [3.63, 3.8) is 0 Å². The van der Waals surface area contributed by atoms with Crippen LogP contribution in [0, 0.1) is 17.2 Å². The molecule has 0 aliphatic heterocycles. The van der Waals surface area contributed by atoms with Crippen LogP contribution in [0.4, 0.5) is 0 Å². The lowest BCUT2D eigenvalue weighted by Crippen LogP contribution is -2.29. The molecule has 0 aliphatic rings. The zero-order chi connectivity index (χ0) is 11.0. The molecule has 1 unspecified atom stereocenters. The highest BCUT2D eigenvalue weighted by Crippen LogP contribution is 2.04. The third-order valence-electron chi connectivity index (χ3n) is 1.96. The van der Waals surface area contributed by atoms with Crippen LogP contribution in [0.15, 0.2) is 0 Å². The third-order valence-corrected chi connectivity index (χ3v) is 1.96. The molecule has 0 N–H and O–H groups in total. The Hall–Kier alpha value is -1.08. The van der Waals surface area contributed by atoms with E-state index in [1.54, 1.807) is 19.1 Å². The van der Waals surface area contributed by atoms with E-state index in [1.807, 2.05) is 13.0 Å². The second-order valence-corrected chi connectivity index (χ2v) is 3.49. The van der Waals surface area contributed by atoms with Crippen LogP contribution in [-0.4, -0.2) is 38.1 Å². The molecule has 80 valence electrons. The van der Waals surface area contributed by atoms with Gasteiger partial charge in [-0.3, -0.25) is 4.79 Å². The van der Waals surface area contributed by atoms with Crippen LogP contribution in [0.3, 0.4) is 0 Å². The Bertz CT molecular complexity index is 211. The van der Waals surface area contributed by atoms with Gasteiger partial charge in [0.2, 0.25) is 5.91 Å². The van der Waals surface area contributed by atoms with Gasteiger partial charge in [0, 0.05) is 33.7 Å². The van der Waals surface area contributed by atoms with Gasteiger partial charge in [0.1, 0.15) is 0 Å². The van der Waals surface area contributed by atoms with Gasteiger partial charge in [-0.25, -0.2) is 0 Å². The predicted octanol–water partition coefficient (Wildman–Crippen LogP) is 1.03. The third kappa shape index (κ3) is 5.55. The van der Waals surface area contributed by atoms with E-state index < -0.39 is 0 Å². The van der Waals surface area contributed by atoms with Crippen LogP contribution in [0.5, 0.6) is 0 Å². The van der Waals surface area contributed by atoms with E-state index in [0.29, 0.717) is 26.0 Å². The second kappa shape index (κ2) is 7.34. The molecule has 0 bridgehead atoms. The molecule has 0 aromatic heterocycles. The molecule has 14 heavy (non-hydrogen) atoms. The van der Waals surface area contributed by atoms with Crippen molar-refractivity contribution in [3.05, 3.63) is 0 Å². The van der Waals surface area contributed by atoms with Crippen LogP contribution in [0.2, 0.25) is 0 Å². The van der Waals surface area contributed by atoms with Crippen LogP contribution in [-0.2, 0) is 9.53 Å². The van der Waals surface area contributed by atoms with Crippen molar-refractivity contribution in [3.8, 4) is 6.07 Å². The average molecular weight is 198 g/mol. The van der Waals surface area contributed by atoms with E-state index >= 15 is 0 Å². The van der Waals surface area contributed by atoms with Gasteiger partial charge in [-0.15, -0.1) is 0 Å². The summed E-state index contributed by atoms with van der Waals surface area (Å²) in [5, 5.41) is 8.36. The van der Waals surface area contributed by atoms with Crippen molar-refractivity contribution in [1.82, 2.24) is 4.90 Å². The predicted molar refractivity (Wildman–Crippen MR) is 53.5 cm³/mol. The van der Waals surface area contributed by atoms with Gasteiger partial charge in [0.15, 0.2) is 0 Å². The summed E-state index contributed by atoms with van der Waals surface area (Å²) in [6, 6.07) is 2.01. The standard InChI is InChI=1S/C10H18N2O2/c1-9(8-14-3)7-10(13)12(2)6-4-5-11/h9H,4,6-8H2,1-3H3. The minimum atomic E-state index is 0.0739. The highest BCUT2D eigenvalue weighted by molar-refractivity contribution is 5.76. The summed E-state index contributed by atoms with van der Waals surface area (Å²) in [4.78, 5) is 13.1. The van der Waals surface area contributed by atoms with Crippen molar-refractivity contribution in [1.29, 1.82) is 5.26 Å². The van der Waals surface area contributed by atoms with Crippen LogP contribution < -0.4 is 0 Å². The molecule has 0 aliphatic carbocycles. The van der Waals surface area contributed by atoms with E-state index in [4.69, 9.17) is 10.00 Å². The van der Waals surface area contributed by atoms with Crippen LogP contribution in [0.1, 0.15) is 19.8 Å². The Morgan fingerprint density at radius 1 is 1.64 bits per heavy atom. The molecule has 0 radical (unpaired) electrons. The molecule has 4 heteroatoms. The van der Waals surface area contributed by atoms with Gasteiger partial charge in [0.25, 0.3) is 0 Å². The highest BCUT2D eigenvalue weighted by atomic mass is 16.5. The maximum Gasteiger partial charge on any atom is 0.222 e. The molecular formula is C10H18N2O2. The topological polar surface area (TPSA) is 53.3 Å². The Morgan fingerprint density at radius 3 is 2.79 bits per heavy atom. The van der Waals surface area contributed by atoms with Crippen molar-refractivity contribution in [2.24, 2.45) is 5.92 Å².